The molecule has 0 atom stereocenters. The summed E-state index contributed by atoms with van der Waals surface area (Å²) in [7, 11) is 0. The maximum atomic E-state index is 9.43. The highest BCUT2D eigenvalue weighted by Crippen LogP contribution is 2.44. The van der Waals surface area contributed by atoms with Crippen molar-refractivity contribution >= 4 is 34.5 Å². The normalized spacial score (nSPS) is 19.1. The maximum absolute atomic E-state index is 9.43. The minimum atomic E-state index is -0.160. The SMILES string of the molecule is ON=C(c1n[nH]c2c1C=CC(c1ccsc1)(c1ccsc1)C2)C1CC1. The average molecular weight is 367 g/mol. The molecule has 0 radical (unpaired) electrons. The molecule has 0 unspecified atom stereocenters. The van der Waals surface area contributed by atoms with Crippen molar-refractivity contribution in [1.29, 1.82) is 0 Å². The number of aromatic amines is 1. The Labute approximate surface area is 153 Å². The van der Waals surface area contributed by atoms with Gasteiger partial charge in [0, 0.05) is 29.0 Å². The van der Waals surface area contributed by atoms with E-state index in [0.29, 0.717) is 5.92 Å². The molecule has 2 aliphatic carbocycles. The lowest BCUT2D eigenvalue weighted by atomic mass is 9.70. The first-order valence-corrected chi connectivity index (χ1v) is 10.2. The summed E-state index contributed by atoms with van der Waals surface area (Å²) in [6, 6.07) is 4.42. The second-order valence-corrected chi connectivity index (χ2v) is 8.29. The van der Waals surface area contributed by atoms with Crippen LogP contribution < -0.4 is 0 Å². The lowest BCUT2D eigenvalue weighted by molar-refractivity contribution is 0.317. The van der Waals surface area contributed by atoms with E-state index in [1.807, 2.05) is 0 Å². The molecule has 4 nitrogen and oxygen atoms in total. The first-order valence-electron chi connectivity index (χ1n) is 8.36. The van der Waals surface area contributed by atoms with Crippen LogP contribution in [0.4, 0.5) is 0 Å². The van der Waals surface area contributed by atoms with Gasteiger partial charge in [-0.1, -0.05) is 17.3 Å². The maximum Gasteiger partial charge on any atom is 0.117 e. The van der Waals surface area contributed by atoms with E-state index in [0.717, 1.165) is 41.9 Å². The van der Waals surface area contributed by atoms with E-state index in [4.69, 9.17) is 0 Å². The van der Waals surface area contributed by atoms with Crippen LogP contribution in [0.2, 0.25) is 0 Å². The van der Waals surface area contributed by atoms with Crippen molar-refractivity contribution in [2.24, 2.45) is 11.1 Å². The highest BCUT2D eigenvalue weighted by atomic mass is 32.1. The lowest BCUT2D eigenvalue weighted by Gasteiger charge is -2.32. The van der Waals surface area contributed by atoms with Crippen LogP contribution in [0.25, 0.3) is 6.08 Å². The van der Waals surface area contributed by atoms with E-state index in [1.54, 1.807) is 22.7 Å². The number of nitrogens with one attached hydrogen (secondary N) is 1. The second kappa shape index (κ2) is 5.68. The summed E-state index contributed by atoms with van der Waals surface area (Å²) in [6.07, 6.45) is 7.44. The van der Waals surface area contributed by atoms with Crippen molar-refractivity contribution in [2.45, 2.75) is 24.7 Å². The molecular formula is C19H17N3OS2. The van der Waals surface area contributed by atoms with E-state index >= 15 is 0 Å². The third-order valence-corrected chi connectivity index (χ3v) is 6.63. The number of rotatable bonds is 4. The van der Waals surface area contributed by atoms with Gasteiger partial charge in [-0.15, -0.1) is 0 Å². The van der Waals surface area contributed by atoms with Crippen molar-refractivity contribution in [3.05, 3.63) is 67.8 Å². The van der Waals surface area contributed by atoms with Crippen LogP contribution in [0.3, 0.4) is 0 Å². The highest BCUT2D eigenvalue weighted by molar-refractivity contribution is 7.08. The van der Waals surface area contributed by atoms with Gasteiger partial charge >= 0.3 is 0 Å². The van der Waals surface area contributed by atoms with Gasteiger partial charge in [-0.3, -0.25) is 5.10 Å². The average Bonchev–Trinajstić information content (AvgIpc) is 3.09. The number of fused-ring (bicyclic) bond motifs is 1. The molecule has 0 aliphatic heterocycles. The molecule has 25 heavy (non-hydrogen) atoms. The molecule has 0 amide bonds. The summed E-state index contributed by atoms with van der Waals surface area (Å²) in [4.78, 5) is 0. The Morgan fingerprint density at radius 1 is 1.20 bits per heavy atom. The van der Waals surface area contributed by atoms with E-state index in [1.165, 1.54) is 11.1 Å². The van der Waals surface area contributed by atoms with Gasteiger partial charge in [-0.25, -0.2) is 0 Å². The fourth-order valence-corrected chi connectivity index (χ4v) is 5.22. The molecule has 0 aromatic carbocycles. The van der Waals surface area contributed by atoms with Crippen LogP contribution in [0.15, 0.2) is 44.9 Å². The lowest BCUT2D eigenvalue weighted by Crippen LogP contribution is -2.29. The number of nitrogens with zero attached hydrogens (tertiary/aromatic N) is 2. The zero-order valence-corrected chi connectivity index (χ0v) is 15.1. The molecular weight excluding hydrogens is 350 g/mol. The molecule has 6 heteroatoms. The number of aromatic nitrogens is 2. The van der Waals surface area contributed by atoms with E-state index < -0.39 is 0 Å². The van der Waals surface area contributed by atoms with Crippen molar-refractivity contribution in [3.63, 3.8) is 0 Å². The zero-order valence-electron chi connectivity index (χ0n) is 13.5. The van der Waals surface area contributed by atoms with E-state index in [-0.39, 0.29) is 5.41 Å². The monoisotopic (exact) mass is 367 g/mol. The van der Waals surface area contributed by atoms with Crippen LogP contribution in [0, 0.1) is 5.92 Å². The topological polar surface area (TPSA) is 61.3 Å². The standard InChI is InChI=1S/C19H17N3OS2/c23-22-17(12-1-2-12)18-15-3-6-19(9-16(15)20-21-18,13-4-7-24-10-13)14-5-8-25-11-14/h3-8,10-12,23H,1-2,9H2,(H,20,21). The molecule has 1 saturated carbocycles. The quantitative estimate of drug-likeness (QED) is 0.400. The first-order chi connectivity index (χ1) is 12.3. The summed E-state index contributed by atoms with van der Waals surface area (Å²) >= 11 is 3.46. The summed E-state index contributed by atoms with van der Waals surface area (Å²) < 4.78 is 0. The van der Waals surface area contributed by atoms with Gasteiger partial charge in [-0.2, -0.15) is 27.8 Å². The first kappa shape index (κ1) is 15.1. The summed E-state index contributed by atoms with van der Waals surface area (Å²) in [5.41, 5.74) is 6.17. The van der Waals surface area contributed by atoms with Gasteiger partial charge in [0.1, 0.15) is 11.4 Å². The Morgan fingerprint density at radius 3 is 2.48 bits per heavy atom. The molecule has 2 N–H and O–H groups in total. The molecule has 2 aliphatic rings. The molecule has 3 aromatic rings. The van der Waals surface area contributed by atoms with Crippen molar-refractivity contribution in [3.8, 4) is 0 Å². The second-order valence-electron chi connectivity index (χ2n) is 6.73. The Kier molecular flexibility index (Phi) is 3.43. The Morgan fingerprint density at radius 2 is 1.92 bits per heavy atom. The van der Waals surface area contributed by atoms with Crippen LogP contribution in [0.1, 0.15) is 40.9 Å². The highest BCUT2D eigenvalue weighted by Gasteiger charge is 2.39. The third kappa shape index (κ3) is 2.32. The largest absolute Gasteiger partial charge is 0.411 e. The van der Waals surface area contributed by atoms with E-state index in [2.05, 4.69) is 61.2 Å². The minimum Gasteiger partial charge on any atom is -0.411 e. The molecule has 0 saturated heterocycles. The molecule has 1 fully saturated rings. The minimum absolute atomic E-state index is 0.160. The zero-order chi connectivity index (χ0) is 16.9. The predicted octanol–water partition coefficient (Wildman–Crippen LogP) is 4.68. The summed E-state index contributed by atoms with van der Waals surface area (Å²) in [6.45, 7) is 0. The van der Waals surface area contributed by atoms with Crippen LogP contribution in [-0.2, 0) is 11.8 Å². The molecule has 5 rings (SSSR count). The number of H-pyrrole nitrogens is 1. The van der Waals surface area contributed by atoms with Crippen molar-refractivity contribution < 1.29 is 5.21 Å². The number of oxime groups is 1. The Balaban J connectivity index is 1.62. The van der Waals surface area contributed by atoms with Crippen LogP contribution in [0.5, 0.6) is 0 Å². The van der Waals surface area contributed by atoms with Crippen molar-refractivity contribution in [1.82, 2.24) is 10.2 Å². The fourth-order valence-electron chi connectivity index (χ4n) is 3.74. The van der Waals surface area contributed by atoms with Gasteiger partial charge < -0.3 is 5.21 Å². The number of thiophene rings is 2. The van der Waals surface area contributed by atoms with Crippen LogP contribution in [-0.4, -0.2) is 21.1 Å². The summed E-state index contributed by atoms with van der Waals surface area (Å²) in [5, 5.41) is 29.4. The third-order valence-electron chi connectivity index (χ3n) is 5.26. The van der Waals surface area contributed by atoms with Gasteiger partial charge in [0.05, 0.1) is 0 Å². The van der Waals surface area contributed by atoms with Gasteiger partial charge in [-0.05, 0) is 57.6 Å². The van der Waals surface area contributed by atoms with Gasteiger partial charge in [0.2, 0.25) is 0 Å². The van der Waals surface area contributed by atoms with Gasteiger partial charge in [0.15, 0.2) is 0 Å². The molecule has 0 spiro atoms. The smallest absolute Gasteiger partial charge is 0.117 e. The fraction of sp³-hybridized carbons (Fsp3) is 0.263. The molecule has 3 aromatic heterocycles. The summed E-state index contributed by atoms with van der Waals surface area (Å²) in [5.74, 6) is 0.353. The van der Waals surface area contributed by atoms with Gasteiger partial charge in [0.25, 0.3) is 0 Å². The predicted molar refractivity (Wildman–Crippen MR) is 102 cm³/mol. The van der Waals surface area contributed by atoms with Crippen molar-refractivity contribution in [2.75, 3.05) is 0 Å². The molecule has 0 bridgehead atoms. The molecule has 126 valence electrons. The molecule has 3 heterocycles. The number of hydrogen-bond acceptors (Lipinski definition) is 5. The van der Waals surface area contributed by atoms with E-state index in [9.17, 15) is 5.21 Å². The number of allylic oxidation sites excluding steroid dienone is 1. The Hall–Kier alpha value is -2.18. The Bertz CT molecular complexity index is 913. The van der Waals surface area contributed by atoms with Crippen LogP contribution >= 0.6 is 22.7 Å². The number of hydrogen-bond donors (Lipinski definition) is 2.